The molecule has 2 atom stereocenters. The molecule has 1 rings (SSSR count). The lowest BCUT2D eigenvalue weighted by molar-refractivity contribution is -0.134. The second kappa shape index (κ2) is 7.99. The third-order valence-electron chi connectivity index (χ3n) is 4.59. The zero-order valence-electron chi connectivity index (χ0n) is 13.9. The van der Waals surface area contributed by atoms with E-state index in [0.717, 1.165) is 38.9 Å². The molecule has 0 aromatic carbocycles. The van der Waals surface area contributed by atoms with Gasteiger partial charge in [-0.3, -0.25) is 4.79 Å². The first-order valence-corrected chi connectivity index (χ1v) is 8.00. The molecule has 4 nitrogen and oxygen atoms in total. The Hall–Kier alpha value is -0.610. The molecule has 1 N–H and O–H groups in total. The van der Waals surface area contributed by atoms with Crippen molar-refractivity contribution in [1.82, 2.24) is 10.2 Å². The molecule has 1 fully saturated rings. The van der Waals surface area contributed by atoms with Gasteiger partial charge in [-0.15, -0.1) is 0 Å². The van der Waals surface area contributed by atoms with Gasteiger partial charge in [0.2, 0.25) is 5.91 Å². The first-order chi connectivity index (χ1) is 9.43. The summed E-state index contributed by atoms with van der Waals surface area (Å²) in [6.45, 7) is 10.9. The third-order valence-corrected chi connectivity index (χ3v) is 4.59. The molecule has 1 heterocycles. The topological polar surface area (TPSA) is 41.6 Å². The molecule has 0 aromatic rings. The van der Waals surface area contributed by atoms with E-state index in [0.29, 0.717) is 5.92 Å². The van der Waals surface area contributed by atoms with E-state index in [9.17, 15) is 4.79 Å². The largest absolute Gasteiger partial charge is 0.379 e. The van der Waals surface area contributed by atoms with Crippen LogP contribution < -0.4 is 5.32 Å². The first kappa shape index (κ1) is 17.4. The van der Waals surface area contributed by atoms with Gasteiger partial charge in [-0.1, -0.05) is 0 Å². The van der Waals surface area contributed by atoms with Crippen molar-refractivity contribution in [2.75, 3.05) is 26.7 Å². The molecule has 0 bridgehead atoms. The third kappa shape index (κ3) is 5.06. The van der Waals surface area contributed by atoms with Crippen LogP contribution in [-0.2, 0) is 9.53 Å². The quantitative estimate of drug-likeness (QED) is 0.780. The second-order valence-corrected chi connectivity index (χ2v) is 6.41. The van der Waals surface area contributed by atoms with Crippen LogP contribution in [0.5, 0.6) is 0 Å². The van der Waals surface area contributed by atoms with E-state index in [1.54, 1.807) is 7.11 Å². The number of carbonyl (C=O) groups is 1. The van der Waals surface area contributed by atoms with Gasteiger partial charge < -0.3 is 15.0 Å². The predicted molar refractivity (Wildman–Crippen MR) is 82.8 cm³/mol. The van der Waals surface area contributed by atoms with Crippen LogP contribution in [0.2, 0.25) is 0 Å². The number of hydrogen-bond donors (Lipinski definition) is 1. The normalized spacial score (nSPS) is 23.6. The van der Waals surface area contributed by atoms with Gasteiger partial charge in [-0.25, -0.2) is 0 Å². The molecule has 0 aliphatic carbocycles. The molecule has 1 saturated heterocycles. The fourth-order valence-electron chi connectivity index (χ4n) is 2.86. The van der Waals surface area contributed by atoms with Gasteiger partial charge in [0, 0.05) is 20.2 Å². The van der Waals surface area contributed by atoms with Crippen molar-refractivity contribution in [3.8, 4) is 0 Å². The van der Waals surface area contributed by atoms with Crippen molar-refractivity contribution < 1.29 is 9.53 Å². The van der Waals surface area contributed by atoms with Gasteiger partial charge in [-0.2, -0.15) is 0 Å². The smallest absolute Gasteiger partial charge is 0.239 e. The maximum absolute atomic E-state index is 12.4. The highest BCUT2D eigenvalue weighted by Crippen LogP contribution is 2.26. The molecule has 1 aliphatic heterocycles. The number of hydrogen-bond acceptors (Lipinski definition) is 3. The van der Waals surface area contributed by atoms with E-state index in [-0.39, 0.29) is 17.6 Å². The van der Waals surface area contributed by atoms with Gasteiger partial charge in [-0.05, 0) is 65.8 Å². The summed E-state index contributed by atoms with van der Waals surface area (Å²) in [6, 6.07) is 0.0132. The van der Waals surface area contributed by atoms with E-state index in [2.05, 4.69) is 19.2 Å². The average Bonchev–Trinajstić information content (AvgIpc) is 2.47. The lowest BCUT2D eigenvalue weighted by Gasteiger charge is -2.34. The number of piperidine rings is 1. The second-order valence-electron chi connectivity index (χ2n) is 6.41. The van der Waals surface area contributed by atoms with Gasteiger partial charge in [0.05, 0.1) is 11.6 Å². The molecular weight excluding hydrogens is 252 g/mol. The lowest BCUT2D eigenvalue weighted by Crippen LogP contribution is -2.50. The number of rotatable bonds is 7. The fraction of sp³-hybridized carbons (Fsp3) is 0.938. The summed E-state index contributed by atoms with van der Waals surface area (Å²) in [5.41, 5.74) is -0.0523. The number of carbonyl (C=O) groups excluding carboxylic acids is 1. The van der Waals surface area contributed by atoms with Crippen molar-refractivity contribution >= 4 is 5.91 Å². The van der Waals surface area contributed by atoms with Crippen molar-refractivity contribution in [2.45, 2.75) is 65.0 Å². The number of nitrogens with zero attached hydrogens (tertiary/aromatic N) is 1. The fourth-order valence-corrected chi connectivity index (χ4v) is 2.86. The summed E-state index contributed by atoms with van der Waals surface area (Å²) in [4.78, 5) is 14.3. The molecule has 0 radical (unpaired) electrons. The van der Waals surface area contributed by atoms with Crippen molar-refractivity contribution in [3.05, 3.63) is 0 Å². The van der Waals surface area contributed by atoms with E-state index in [1.165, 1.54) is 6.42 Å². The maximum Gasteiger partial charge on any atom is 0.239 e. The molecule has 1 amide bonds. The minimum atomic E-state index is -0.0523. The summed E-state index contributed by atoms with van der Waals surface area (Å²) in [7, 11) is 1.77. The molecule has 20 heavy (non-hydrogen) atoms. The highest BCUT2D eigenvalue weighted by atomic mass is 16.5. The van der Waals surface area contributed by atoms with Gasteiger partial charge in [0.25, 0.3) is 0 Å². The Morgan fingerprint density at radius 1 is 1.35 bits per heavy atom. The van der Waals surface area contributed by atoms with Gasteiger partial charge in [0.15, 0.2) is 0 Å². The Morgan fingerprint density at radius 2 is 2.00 bits per heavy atom. The highest BCUT2D eigenvalue weighted by Gasteiger charge is 2.30. The lowest BCUT2D eigenvalue weighted by atomic mass is 9.85. The average molecular weight is 284 g/mol. The molecule has 4 heteroatoms. The van der Waals surface area contributed by atoms with Crippen LogP contribution in [0.3, 0.4) is 0 Å². The van der Waals surface area contributed by atoms with Crippen molar-refractivity contribution in [3.63, 3.8) is 0 Å². The van der Waals surface area contributed by atoms with Crippen LogP contribution in [0.4, 0.5) is 0 Å². The summed E-state index contributed by atoms with van der Waals surface area (Å²) in [5, 5.41) is 3.39. The van der Waals surface area contributed by atoms with E-state index < -0.39 is 0 Å². The number of ether oxygens (including phenoxy) is 1. The van der Waals surface area contributed by atoms with Gasteiger partial charge in [0.1, 0.15) is 0 Å². The van der Waals surface area contributed by atoms with Gasteiger partial charge >= 0.3 is 0 Å². The summed E-state index contributed by atoms with van der Waals surface area (Å²) >= 11 is 0. The Morgan fingerprint density at radius 3 is 2.55 bits per heavy atom. The van der Waals surface area contributed by atoms with Crippen LogP contribution in [-0.4, -0.2) is 49.2 Å². The molecule has 0 saturated carbocycles. The van der Waals surface area contributed by atoms with E-state index in [1.807, 2.05) is 18.7 Å². The van der Waals surface area contributed by atoms with Crippen LogP contribution in [0.1, 0.15) is 53.4 Å². The van der Waals surface area contributed by atoms with E-state index in [4.69, 9.17) is 4.74 Å². The Bertz CT molecular complexity index is 301. The van der Waals surface area contributed by atoms with Crippen LogP contribution in [0.25, 0.3) is 0 Å². The summed E-state index contributed by atoms with van der Waals surface area (Å²) in [5.74, 6) is 0.904. The van der Waals surface area contributed by atoms with Crippen molar-refractivity contribution in [1.29, 1.82) is 0 Å². The minimum absolute atomic E-state index is 0.0132. The van der Waals surface area contributed by atoms with E-state index >= 15 is 0 Å². The Balaban J connectivity index is 2.48. The van der Waals surface area contributed by atoms with Crippen LogP contribution >= 0.6 is 0 Å². The number of amides is 1. The number of nitrogens with one attached hydrogen (secondary N) is 1. The van der Waals surface area contributed by atoms with Crippen molar-refractivity contribution in [2.24, 2.45) is 5.92 Å². The zero-order chi connectivity index (χ0) is 15.2. The van der Waals surface area contributed by atoms with Crippen LogP contribution in [0, 0.1) is 5.92 Å². The first-order valence-electron chi connectivity index (χ1n) is 8.00. The standard InChI is InChI=1S/C16H32N2O2/c1-6-18(7-2)15(19)14-12-13(9-11-17-14)8-10-16(3,4)20-5/h13-14,17H,6-12H2,1-5H3. The molecule has 118 valence electrons. The molecule has 2 unspecified atom stereocenters. The monoisotopic (exact) mass is 284 g/mol. The highest BCUT2D eigenvalue weighted by molar-refractivity contribution is 5.82. The zero-order valence-corrected chi connectivity index (χ0v) is 13.9. The molecule has 0 spiro atoms. The Labute approximate surface area is 124 Å². The summed E-state index contributed by atoms with van der Waals surface area (Å²) in [6.07, 6.45) is 4.34. The Kier molecular flexibility index (Phi) is 6.96. The number of likely N-dealkylation sites (N-methyl/N-ethyl adjacent to an activating group) is 1. The number of methoxy groups -OCH3 is 1. The maximum atomic E-state index is 12.4. The predicted octanol–water partition coefficient (Wildman–Crippen LogP) is 2.43. The van der Waals surface area contributed by atoms with Crippen LogP contribution in [0.15, 0.2) is 0 Å². The summed E-state index contributed by atoms with van der Waals surface area (Å²) < 4.78 is 5.49. The molecule has 0 aromatic heterocycles. The SMILES string of the molecule is CCN(CC)C(=O)C1CC(CCC(C)(C)OC)CCN1. The minimum Gasteiger partial charge on any atom is -0.379 e. The molecular formula is C16H32N2O2. The molecule has 1 aliphatic rings.